The van der Waals surface area contributed by atoms with Crippen LogP contribution in [-0.2, 0) is 10.0 Å². The minimum atomic E-state index is -3.44. The lowest BCUT2D eigenvalue weighted by molar-refractivity contribution is 0.100. The highest BCUT2D eigenvalue weighted by atomic mass is 35.5. The van der Waals surface area contributed by atoms with Gasteiger partial charge in [-0.3, -0.25) is 9.52 Å². The van der Waals surface area contributed by atoms with Gasteiger partial charge < -0.3 is 5.73 Å². The van der Waals surface area contributed by atoms with Crippen LogP contribution in [0.5, 0.6) is 0 Å². The van der Waals surface area contributed by atoms with Crippen molar-refractivity contribution in [3.8, 4) is 0 Å². The molecule has 0 fully saturated rings. The van der Waals surface area contributed by atoms with Crippen molar-refractivity contribution in [1.29, 1.82) is 0 Å². The molecule has 0 aliphatic rings. The lowest BCUT2D eigenvalue weighted by Gasteiger charge is -2.10. The molecule has 0 radical (unpaired) electrons. The van der Waals surface area contributed by atoms with E-state index < -0.39 is 15.9 Å². The van der Waals surface area contributed by atoms with Crippen LogP contribution < -0.4 is 10.5 Å². The second kappa shape index (κ2) is 5.37. The molecule has 0 unspecified atom stereocenters. The van der Waals surface area contributed by atoms with E-state index in [0.29, 0.717) is 6.42 Å². The van der Waals surface area contributed by atoms with Gasteiger partial charge in [0.05, 0.1) is 22.0 Å². The Hall–Kier alpha value is -1.27. The third kappa shape index (κ3) is 3.61. The first kappa shape index (κ1) is 13.8. The zero-order valence-corrected chi connectivity index (χ0v) is 10.8. The Morgan fingerprint density at radius 3 is 2.65 bits per heavy atom. The van der Waals surface area contributed by atoms with Crippen molar-refractivity contribution in [2.75, 3.05) is 10.5 Å². The van der Waals surface area contributed by atoms with Crippen molar-refractivity contribution >= 4 is 33.2 Å². The summed E-state index contributed by atoms with van der Waals surface area (Å²) in [5, 5.41) is 0.0136. The summed E-state index contributed by atoms with van der Waals surface area (Å²) >= 11 is 5.88. The van der Waals surface area contributed by atoms with Gasteiger partial charge in [-0.05, 0) is 18.6 Å². The third-order valence-corrected chi connectivity index (χ3v) is 3.89. The summed E-state index contributed by atoms with van der Waals surface area (Å²) < 4.78 is 25.4. The molecule has 1 amide bonds. The van der Waals surface area contributed by atoms with Crippen LogP contribution in [0.4, 0.5) is 5.69 Å². The number of benzene rings is 1. The lowest BCUT2D eigenvalue weighted by Crippen LogP contribution is -2.18. The summed E-state index contributed by atoms with van der Waals surface area (Å²) in [7, 11) is -3.44. The van der Waals surface area contributed by atoms with Gasteiger partial charge in [0.15, 0.2) is 0 Å². The second-order valence-corrected chi connectivity index (χ2v) is 5.67. The minimum Gasteiger partial charge on any atom is -0.366 e. The average molecular weight is 277 g/mol. The Morgan fingerprint density at radius 2 is 2.12 bits per heavy atom. The van der Waals surface area contributed by atoms with Crippen LogP contribution in [0.1, 0.15) is 23.7 Å². The maximum atomic E-state index is 11.5. The SMILES string of the molecule is CCCS(=O)(=O)Nc1cccc(C(N)=O)c1Cl. The van der Waals surface area contributed by atoms with E-state index in [0.717, 1.165) is 0 Å². The largest absolute Gasteiger partial charge is 0.366 e. The van der Waals surface area contributed by atoms with Crippen molar-refractivity contribution in [3.63, 3.8) is 0 Å². The molecule has 0 saturated heterocycles. The fraction of sp³-hybridized carbons (Fsp3) is 0.300. The summed E-state index contributed by atoms with van der Waals surface area (Å²) in [6.07, 6.45) is 0.489. The molecular weight excluding hydrogens is 264 g/mol. The Bertz CT molecular complexity index is 528. The van der Waals surface area contributed by atoms with E-state index in [1.54, 1.807) is 6.92 Å². The molecule has 94 valence electrons. The van der Waals surface area contributed by atoms with E-state index >= 15 is 0 Å². The van der Waals surface area contributed by atoms with Gasteiger partial charge in [0.25, 0.3) is 0 Å². The zero-order chi connectivity index (χ0) is 13.1. The molecule has 0 aromatic heterocycles. The fourth-order valence-corrected chi connectivity index (χ4v) is 2.76. The number of carbonyl (C=O) groups is 1. The highest BCUT2D eigenvalue weighted by Gasteiger charge is 2.15. The monoisotopic (exact) mass is 276 g/mol. The van der Waals surface area contributed by atoms with Gasteiger partial charge in [0, 0.05) is 0 Å². The van der Waals surface area contributed by atoms with Gasteiger partial charge in [-0.2, -0.15) is 0 Å². The summed E-state index contributed by atoms with van der Waals surface area (Å²) in [4.78, 5) is 11.0. The first-order valence-corrected chi connectivity index (χ1v) is 6.99. The van der Waals surface area contributed by atoms with Crippen molar-refractivity contribution < 1.29 is 13.2 Å². The Morgan fingerprint density at radius 1 is 1.47 bits per heavy atom. The zero-order valence-electron chi connectivity index (χ0n) is 9.23. The fourth-order valence-electron chi connectivity index (χ4n) is 1.29. The van der Waals surface area contributed by atoms with Crippen LogP contribution in [0.3, 0.4) is 0 Å². The molecule has 7 heteroatoms. The molecule has 3 N–H and O–H groups in total. The Balaban J connectivity index is 3.09. The predicted molar refractivity (Wildman–Crippen MR) is 67.7 cm³/mol. The van der Waals surface area contributed by atoms with E-state index in [1.807, 2.05) is 0 Å². The number of anilines is 1. The van der Waals surface area contributed by atoms with Gasteiger partial charge in [0.2, 0.25) is 15.9 Å². The summed E-state index contributed by atoms with van der Waals surface area (Å²) in [6, 6.07) is 4.42. The maximum Gasteiger partial charge on any atom is 0.250 e. The number of carbonyl (C=O) groups excluding carboxylic acids is 1. The van der Waals surface area contributed by atoms with E-state index in [1.165, 1.54) is 18.2 Å². The lowest BCUT2D eigenvalue weighted by atomic mass is 10.2. The van der Waals surface area contributed by atoms with Crippen LogP contribution in [0.25, 0.3) is 0 Å². The van der Waals surface area contributed by atoms with Crippen molar-refractivity contribution in [1.82, 2.24) is 0 Å². The molecule has 0 aliphatic carbocycles. The molecule has 0 spiro atoms. The number of sulfonamides is 1. The molecule has 0 atom stereocenters. The van der Waals surface area contributed by atoms with E-state index in [9.17, 15) is 13.2 Å². The topological polar surface area (TPSA) is 89.3 Å². The van der Waals surface area contributed by atoms with Crippen molar-refractivity contribution in [2.45, 2.75) is 13.3 Å². The molecule has 5 nitrogen and oxygen atoms in total. The van der Waals surface area contributed by atoms with Gasteiger partial charge >= 0.3 is 0 Å². The standard InChI is InChI=1S/C10H13ClN2O3S/c1-2-6-17(15,16)13-8-5-3-4-7(9(8)11)10(12)14/h3-5,13H,2,6H2,1H3,(H2,12,14). The quantitative estimate of drug-likeness (QED) is 0.856. The van der Waals surface area contributed by atoms with Crippen LogP contribution in [0.2, 0.25) is 5.02 Å². The molecule has 0 heterocycles. The number of halogens is 1. The van der Waals surface area contributed by atoms with Crippen LogP contribution in [0, 0.1) is 0 Å². The van der Waals surface area contributed by atoms with Crippen molar-refractivity contribution in [3.05, 3.63) is 28.8 Å². The first-order chi connectivity index (χ1) is 7.87. The molecule has 17 heavy (non-hydrogen) atoms. The number of nitrogens with one attached hydrogen (secondary N) is 1. The number of primary amides is 1. The number of nitrogens with two attached hydrogens (primary N) is 1. The van der Waals surface area contributed by atoms with Gasteiger partial charge in [-0.15, -0.1) is 0 Å². The predicted octanol–water partition coefficient (Wildman–Crippen LogP) is 1.59. The van der Waals surface area contributed by atoms with Crippen molar-refractivity contribution in [2.24, 2.45) is 5.73 Å². The van der Waals surface area contributed by atoms with Gasteiger partial charge in [-0.1, -0.05) is 24.6 Å². The second-order valence-electron chi connectivity index (χ2n) is 3.45. The summed E-state index contributed by atoms with van der Waals surface area (Å²) in [5.74, 6) is -0.712. The normalized spacial score (nSPS) is 11.2. The number of rotatable bonds is 5. The molecule has 0 aliphatic heterocycles. The molecule has 0 saturated carbocycles. The molecule has 0 bridgehead atoms. The number of hydrogen-bond acceptors (Lipinski definition) is 3. The summed E-state index contributed by atoms with van der Waals surface area (Å²) in [6.45, 7) is 1.75. The van der Waals surface area contributed by atoms with E-state index in [-0.39, 0.29) is 22.0 Å². The van der Waals surface area contributed by atoms with Gasteiger partial charge in [0.1, 0.15) is 0 Å². The molecule has 1 rings (SSSR count). The number of hydrogen-bond donors (Lipinski definition) is 2. The Labute approximate surface area is 105 Å². The minimum absolute atomic E-state index is 0.00979. The van der Waals surface area contributed by atoms with Crippen LogP contribution >= 0.6 is 11.6 Å². The molecule has 1 aromatic carbocycles. The van der Waals surface area contributed by atoms with Crippen LogP contribution in [0.15, 0.2) is 18.2 Å². The average Bonchev–Trinajstić information content (AvgIpc) is 2.20. The maximum absolute atomic E-state index is 11.5. The molecule has 1 aromatic rings. The van der Waals surface area contributed by atoms with Gasteiger partial charge in [-0.25, -0.2) is 8.42 Å². The highest BCUT2D eigenvalue weighted by Crippen LogP contribution is 2.26. The van der Waals surface area contributed by atoms with E-state index in [4.69, 9.17) is 17.3 Å². The summed E-state index contributed by atoms with van der Waals surface area (Å²) in [5.41, 5.74) is 5.36. The first-order valence-electron chi connectivity index (χ1n) is 4.96. The smallest absolute Gasteiger partial charge is 0.250 e. The number of amides is 1. The van der Waals surface area contributed by atoms with Crippen LogP contribution in [-0.4, -0.2) is 20.1 Å². The molecular formula is C10H13ClN2O3S. The third-order valence-electron chi connectivity index (χ3n) is 2.00. The van der Waals surface area contributed by atoms with E-state index in [2.05, 4.69) is 4.72 Å². The Kier molecular flexibility index (Phi) is 4.36. The highest BCUT2D eigenvalue weighted by molar-refractivity contribution is 7.92.